The molecule has 0 fully saturated rings. The van der Waals surface area contributed by atoms with Crippen LogP contribution in [0.5, 0.6) is 5.75 Å². The first-order valence-electron chi connectivity index (χ1n) is 8.23. The summed E-state index contributed by atoms with van der Waals surface area (Å²) in [6.45, 7) is 4.44. The van der Waals surface area contributed by atoms with Crippen molar-refractivity contribution in [3.63, 3.8) is 0 Å². The molecule has 0 amide bonds. The topological polar surface area (TPSA) is 52.3 Å². The molecule has 2 aromatic carbocycles. The van der Waals surface area contributed by atoms with E-state index < -0.39 is 0 Å². The fourth-order valence-electron chi connectivity index (χ4n) is 2.65. The van der Waals surface area contributed by atoms with Crippen molar-refractivity contribution in [1.82, 2.24) is 19.8 Å². The van der Waals surface area contributed by atoms with Gasteiger partial charge in [-0.15, -0.1) is 10.2 Å². The molecule has 0 aliphatic carbocycles. The minimum atomic E-state index is -0.250. The molecule has 0 bridgehead atoms. The number of ether oxygens (including phenoxy) is 1. The summed E-state index contributed by atoms with van der Waals surface area (Å²) >= 11 is 1.45. The van der Waals surface area contributed by atoms with Gasteiger partial charge in [0.15, 0.2) is 10.8 Å². The highest BCUT2D eigenvalue weighted by Crippen LogP contribution is 2.22. The van der Waals surface area contributed by atoms with E-state index in [-0.39, 0.29) is 5.82 Å². The molecule has 26 heavy (non-hydrogen) atoms. The second-order valence-corrected chi connectivity index (χ2v) is 7.21. The number of hydrogen-bond donors (Lipinski definition) is 0. The molecule has 0 unspecified atom stereocenters. The quantitative estimate of drug-likeness (QED) is 0.532. The van der Waals surface area contributed by atoms with E-state index in [1.165, 1.54) is 23.5 Å². The lowest BCUT2D eigenvalue weighted by molar-refractivity contribution is 0.301. The van der Waals surface area contributed by atoms with Gasteiger partial charge in [0.1, 0.15) is 18.2 Å². The standard InChI is InChI=1S/C19H17FN4OS/c1-12-3-4-13(2)16(9-12)25-11-18-23-24-17(21-22-19(24)26-18)10-14-5-7-15(20)8-6-14/h3-9H,10-11H2,1-2H3. The van der Waals surface area contributed by atoms with E-state index in [0.29, 0.717) is 13.0 Å². The van der Waals surface area contributed by atoms with Crippen molar-refractivity contribution in [2.45, 2.75) is 26.9 Å². The van der Waals surface area contributed by atoms with Gasteiger partial charge < -0.3 is 4.74 Å². The Hall–Kier alpha value is -2.80. The van der Waals surface area contributed by atoms with Gasteiger partial charge in [-0.25, -0.2) is 4.39 Å². The zero-order chi connectivity index (χ0) is 18.1. The summed E-state index contributed by atoms with van der Waals surface area (Å²) in [6, 6.07) is 12.5. The second kappa shape index (κ2) is 6.84. The number of benzene rings is 2. The van der Waals surface area contributed by atoms with Gasteiger partial charge in [-0.3, -0.25) is 0 Å². The van der Waals surface area contributed by atoms with Gasteiger partial charge in [-0.2, -0.15) is 9.61 Å². The largest absolute Gasteiger partial charge is 0.486 e. The number of halogens is 1. The van der Waals surface area contributed by atoms with E-state index in [0.717, 1.165) is 38.2 Å². The van der Waals surface area contributed by atoms with Gasteiger partial charge in [0, 0.05) is 6.42 Å². The molecule has 132 valence electrons. The highest BCUT2D eigenvalue weighted by molar-refractivity contribution is 7.16. The number of rotatable bonds is 5. The van der Waals surface area contributed by atoms with Crippen molar-refractivity contribution in [3.05, 3.63) is 75.8 Å². The lowest BCUT2D eigenvalue weighted by Gasteiger charge is -2.08. The molecule has 7 heteroatoms. The summed E-state index contributed by atoms with van der Waals surface area (Å²) in [5, 5.41) is 13.8. The van der Waals surface area contributed by atoms with Crippen LogP contribution in [0.25, 0.3) is 4.96 Å². The molecular formula is C19H17FN4OS. The van der Waals surface area contributed by atoms with Crippen LogP contribution in [0, 0.1) is 19.7 Å². The third kappa shape index (κ3) is 3.43. The summed E-state index contributed by atoms with van der Waals surface area (Å²) in [5.74, 6) is 1.34. The van der Waals surface area contributed by atoms with Gasteiger partial charge >= 0.3 is 0 Å². The van der Waals surface area contributed by atoms with E-state index in [1.54, 1.807) is 16.6 Å². The van der Waals surface area contributed by atoms with Crippen LogP contribution in [-0.2, 0) is 13.0 Å². The Balaban J connectivity index is 1.52. The van der Waals surface area contributed by atoms with Crippen molar-refractivity contribution >= 4 is 16.3 Å². The van der Waals surface area contributed by atoms with Crippen LogP contribution in [0.4, 0.5) is 4.39 Å². The van der Waals surface area contributed by atoms with Gasteiger partial charge in [-0.05, 0) is 48.7 Å². The fraction of sp³-hybridized carbons (Fsp3) is 0.211. The number of aromatic nitrogens is 4. The summed E-state index contributed by atoms with van der Waals surface area (Å²) < 4.78 is 20.7. The molecule has 0 aliphatic heterocycles. The van der Waals surface area contributed by atoms with Gasteiger partial charge in [0.05, 0.1) is 0 Å². The molecule has 2 heterocycles. The third-order valence-electron chi connectivity index (χ3n) is 4.07. The molecule has 0 radical (unpaired) electrons. The van der Waals surface area contributed by atoms with Gasteiger partial charge in [0.2, 0.25) is 4.96 Å². The summed E-state index contributed by atoms with van der Waals surface area (Å²) in [7, 11) is 0. The molecule has 0 saturated heterocycles. The van der Waals surface area contributed by atoms with Crippen molar-refractivity contribution in [3.8, 4) is 5.75 Å². The van der Waals surface area contributed by atoms with Crippen LogP contribution in [0.1, 0.15) is 27.5 Å². The molecule has 4 aromatic rings. The van der Waals surface area contributed by atoms with Crippen molar-refractivity contribution in [2.24, 2.45) is 0 Å². The Kier molecular flexibility index (Phi) is 4.38. The summed E-state index contributed by atoms with van der Waals surface area (Å²) in [6.07, 6.45) is 0.544. The molecule has 0 spiro atoms. The molecule has 0 aliphatic rings. The maximum Gasteiger partial charge on any atom is 0.234 e. The van der Waals surface area contributed by atoms with E-state index in [4.69, 9.17) is 4.74 Å². The minimum absolute atomic E-state index is 0.250. The minimum Gasteiger partial charge on any atom is -0.486 e. The number of aryl methyl sites for hydroxylation is 2. The molecular weight excluding hydrogens is 351 g/mol. The third-order valence-corrected chi connectivity index (χ3v) is 4.94. The normalized spacial score (nSPS) is 11.2. The average Bonchev–Trinajstić information content (AvgIpc) is 3.19. The SMILES string of the molecule is Cc1ccc(C)c(OCc2nn3c(Cc4ccc(F)cc4)nnc3s2)c1. The summed E-state index contributed by atoms with van der Waals surface area (Å²) in [5.41, 5.74) is 3.21. The van der Waals surface area contributed by atoms with Crippen LogP contribution in [0.2, 0.25) is 0 Å². The first kappa shape index (κ1) is 16.7. The monoisotopic (exact) mass is 368 g/mol. The predicted octanol–water partition coefficient (Wildman–Crippen LogP) is 4.11. The maximum atomic E-state index is 13.0. The lowest BCUT2D eigenvalue weighted by atomic mass is 10.1. The second-order valence-electron chi connectivity index (χ2n) is 6.17. The van der Waals surface area contributed by atoms with Crippen molar-refractivity contribution < 1.29 is 9.13 Å². The van der Waals surface area contributed by atoms with Crippen LogP contribution in [0.15, 0.2) is 42.5 Å². The molecule has 0 atom stereocenters. The van der Waals surface area contributed by atoms with Gasteiger partial charge in [0.25, 0.3) is 0 Å². The Bertz CT molecular complexity index is 1060. The van der Waals surface area contributed by atoms with Crippen LogP contribution < -0.4 is 4.74 Å². The highest BCUT2D eigenvalue weighted by atomic mass is 32.1. The summed E-state index contributed by atoms with van der Waals surface area (Å²) in [4.78, 5) is 0.724. The lowest BCUT2D eigenvalue weighted by Crippen LogP contribution is -2.01. The smallest absolute Gasteiger partial charge is 0.234 e. The molecule has 0 saturated carbocycles. The Labute approximate surface area is 154 Å². The Morgan fingerprint density at radius 2 is 1.88 bits per heavy atom. The highest BCUT2D eigenvalue weighted by Gasteiger charge is 2.13. The number of hydrogen-bond acceptors (Lipinski definition) is 5. The average molecular weight is 368 g/mol. The predicted molar refractivity (Wildman–Crippen MR) is 98.1 cm³/mol. The van der Waals surface area contributed by atoms with Crippen LogP contribution >= 0.6 is 11.3 Å². The van der Waals surface area contributed by atoms with E-state index >= 15 is 0 Å². The van der Waals surface area contributed by atoms with Crippen LogP contribution in [0.3, 0.4) is 0 Å². The Morgan fingerprint density at radius 3 is 2.69 bits per heavy atom. The van der Waals surface area contributed by atoms with Gasteiger partial charge in [-0.1, -0.05) is 35.6 Å². The molecule has 5 nitrogen and oxygen atoms in total. The first-order chi connectivity index (χ1) is 12.6. The molecule has 0 N–H and O–H groups in total. The number of nitrogens with zero attached hydrogens (tertiary/aromatic N) is 4. The van der Waals surface area contributed by atoms with E-state index in [9.17, 15) is 4.39 Å². The zero-order valence-electron chi connectivity index (χ0n) is 14.4. The number of fused-ring (bicyclic) bond motifs is 1. The first-order valence-corrected chi connectivity index (χ1v) is 9.04. The Morgan fingerprint density at radius 1 is 1.08 bits per heavy atom. The van der Waals surface area contributed by atoms with Crippen LogP contribution in [-0.4, -0.2) is 19.8 Å². The fourth-order valence-corrected chi connectivity index (χ4v) is 3.42. The zero-order valence-corrected chi connectivity index (χ0v) is 15.3. The van der Waals surface area contributed by atoms with E-state index in [2.05, 4.69) is 21.4 Å². The van der Waals surface area contributed by atoms with Crippen molar-refractivity contribution in [1.29, 1.82) is 0 Å². The molecule has 4 rings (SSSR count). The van der Waals surface area contributed by atoms with Crippen molar-refractivity contribution in [2.75, 3.05) is 0 Å². The maximum absolute atomic E-state index is 13.0. The van der Waals surface area contributed by atoms with E-state index in [1.807, 2.05) is 26.0 Å². The molecule has 2 aromatic heterocycles.